The summed E-state index contributed by atoms with van der Waals surface area (Å²) in [5.41, 5.74) is 0.588. The fourth-order valence-corrected chi connectivity index (χ4v) is 0.445. The normalized spacial score (nSPS) is 11.7. The van der Waals surface area contributed by atoms with Gasteiger partial charge in [0.1, 0.15) is 5.76 Å². The van der Waals surface area contributed by atoms with Crippen molar-refractivity contribution in [3.05, 3.63) is 36.8 Å². The summed E-state index contributed by atoms with van der Waals surface area (Å²) in [6.45, 7) is 6.85. The minimum atomic E-state index is 0.118. The number of aliphatic hydroxyl groups is 1. The molecule has 2 heteroatoms. The van der Waals surface area contributed by atoms with Gasteiger partial charge in [0.05, 0.1) is 5.70 Å². The molecule has 2 nitrogen and oxygen atoms in total. The Morgan fingerprint density at radius 1 is 1.44 bits per heavy atom. The van der Waals surface area contributed by atoms with Gasteiger partial charge >= 0.3 is 0 Å². The molecule has 2 N–H and O–H groups in total. The average Bonchev–Trinajstić information content (AvgIpc) is 1.90. The fourth-order valence-electron chi connectivity index (χ4n) is 0.445. The number of hydrogen-bond acceptors (Lipinski definition) is 2. The van der Waals surface area contributed by atoms with Crippen LogP contribution < -0.4 is 5.32 Å². The van der Waals surface area contributed by atoms with Gasteiger partial charge in [0.15, 0.2) is 0 Å². The van der Waals surface area contributed by atoms with Crippen LogP contribution in [0.5, 0.6) is 0 Å². The Morgan fingerprint density at radius 2 is 2.00 bits per heavy atom. The molecule has 0 saturated carbocycles. The summed E-state index contributed by atoms with van der Waals surface area (Å²) in [5.74, 6) is 0.118. The van der Waals surface area contributed by atoms with Crippen LogP contribution >= 0.6 is 0 Å². The van der Waals surface area contributed by atoms with Crippen LogP contribution in [0.3, 0.4) is 0 Å². The summed E-state index contributed by atoms with van der Waals surface area (Å²) >= 11 is 0. The number of nitrogens with one attached hydrogen (secondary N) is 1. The Morgan fingerprint density at radius 3 is 2.11 bits per heavy atom. The third kappa shape index (κ3) is 2.04. The number of likely N-dealkylation sites (N-methyl/N-ethyl adjacent to an activating group) is 1. The van der Waals surface area contributed by atoms with Gasteiger partial charge in [-0.15, -0.1) is 0 Å². The van der Waals surface area contributed by atoms with E-state index in [1.54, 1.807) is 7.05 Å². The Bertz CT molecular complexity index is 147. The molecular weight excluding hydrogens is 114 g/mol. The Labute approximate surface area is 55.2 Å². The third-order valence-corrected chi connectivity index (χ3v) is 0.943. The zero-order chi connectivity index (χ0) is 7.28. The minimum absolute atomic E-state index is 0.118. The van der Waals surface area contributed by atoms with Crippen molar-refractivity contribution < 1.29 is 5.11 Å². The zero-order valence-electron chi connectivity index (χ0n) is 5.52. The molecule has 0 spiro atoms. The molecule has 0 bridgehead atoms. The first kappa shape index (κ1) is 7.82. The van der Waals surface area contributed by atoms with Crippen LogP contribution in [0.15, 0.2) is 36.8 Å². The predicted octanol–water partition coefficient (Wildman–Crippen LogP) is 1.35. The molecule has 0 aromatic rings. The molecule has 0 aliphatic carbocycles. The van der Waals surface area contributed by atoms with E-state index in [4.69, 9.17) is 5.11 Å². The zero-order valence-corrected chi connectivity index (χ0v) is 5.52. The summed E-state index contributed by atoms with van der Waals surface area (Å²) in [7, 11) is 1.71. The van der Waals surface area contributed by atoms with Crippen molar-refractivity contribution in [2.24, 2.45) is 0 Å². The Kier molecular flexibility index (Phi) is 3.28. The molecule has 0 aromatic carbocycles. The Hall–Kier alpha value is -1.18. The minimum Gasteiger partial charge on any atom is -0.506 e. The lowest BCUT2D eigenvalue weighted by molar-refractivity contribution is 0.424. The largest absolute Gasteiger partial charge is 0.506 e. The molecule has 9 heavy (non-hydrogen) atoms. The van der Waals surface area contributed by atoms with Gasteiger partial charge in [-0.05, 0) is 12.2 Å². The summed E-state index contributed by atoms with van der Waals surface area (Å²) in [5, 5.41) is 11.7. The van der Waals surface area contributed by atoms with E-state index in [9.17, 15) is 0 Å². The lowest BCUT2D eigenvalue weighted by Crippen LogP contribution is -2.05. The van der Waals surface area contributed by atoms with Crippen LogP contribution in [0.4, 0.5) is 0 Å². The number of hydrogen-bond donors (Lipinski definition) is 2. The second kappa shape index (κ2) is 3.78. The van der Waals surface area contributed by atoms with Crippen LogP contribution in [-0.4, -0.2) is 12.2 Å². The second-order valence-corrected chi connectivity index (χ2v) is 1.46. The molecule has 50 valence electrons. The van der Waals surface area contributed by atoms with Crippen LogP contribution in [-0.2, 0) is 0 Å². The average molecular weight is 125 g/mol. The quantitative estimate of drug-likeness (QED) is 0.440. The SMILES string of the molecule is C=C/C(O)=C(\C=C)NC. The molecule has 0 atom stereocenters. The smallest absolute Gasteiger partial charge is 0.138 e. The van der Waals surface area contributed by atoms with E-state index >= 15 is 0 Å². The number of rotatable bonds is 3. The highest BCUT2D eigenvalue weighted by Gasteiger charge is 1.90. The summed E-state index contributed by atoms with van der Waals surface area (Å²) in [6.07, 6.45) is 2.88. The molecule has 0 aliphatic rings. The molecule has 0 saturated heterocycles. The van der Waals surface area contributed by atoms with Crippen LogP contribution in [0.1, 0.15) is 0 Å². The topological polar surface area (TPSA) is 32.3 Å². The second-order valence-electron chi connectivity index (χ2n) is 1.46. The van der Waals surface area contributed by atoms with Crippen molar-refractivity contribution in [1.29, 1.82) is 0 Å². The van der Waals surface area contributed by atoms with E-state index in [0.29, 0.717) is 5.70 Å². The number of aliphatic hydroxyl groups excluding tert-OH is 1. The van der Waals surface area contributed by atoms with E-state index < -0.39 is 0 Å². The van der Waals surface area contributed by atoms with Gasteiger partial charge in [0.25, 0.3) is 0 Å². The van der Waals surface area contributed by atoms with Gasteiger partial charge in [-0.1, -0.05) is 13.2 Å². The van der Waals surface area contributed by atoms with Crippen LogP contribution in [0.25, 0.3) is 0 Å². The molecule has 0 fully saturated rings. The molecule has 0 amide bonds. The molecular formula is C7H11NO. The highest BCUT2D eigenvalue weighted by Crippen LogP contribution is 1.97. The highest BCUT2D eigenvalue weighted by molar-refractivity contribution is 5.23. The lowest BCUT2D eigenvalue weighted by Gasteiger charge is -1.99. The third-order valence-electron chi connectivity index (χ3n) is 0.943. The van der Waals surface area contributed by atoms with Crippen LogP contribution in [0.2, 0.25) is 0 Å². The van der Waals surface area contributed by atoms with Crippen molar-refractivity contribution >= 4 is 0 Å². The van der Waals surface area contributed by atoms with Gasteiger partial charge < -0.3 is 10.4 Å². The Balaban J connectivity index is 4.36. The van der Waals surface area contributed by atoms with Crippen molar-refractivity contribution in [2.75, 3.05) is 7.05 Å². The van der Waals surface area contributed by atoms with Gasteiger partial charge in [-0.3, -0.25) is 0 Å². The predicted molar refractivity (Wildman–Crippen MR) is 39.1 cm³/mol. The first-order valence-electron chi connectivity index (χ1n) is 2.62. The number of allylic oxidation sites excluding steroid dienone is 2. The molecule has 0 rings (SSSR count). The first-order valence-corrected chi connectivity index (χ1v) is 2.62. The van der Waals surface area contributed by atoms with Crippen molar-refractivity contribution in [1.82, 2.24) is 5.32 Å². The lowest BCUT2D eigenvalue weighted by atomic mass is 10.3. The maximum Gasteiger partial charge on any atom is 0.138 e. The van der Waals surface area contributed by atoms with Gasteiger partial charge in [0, 0.05) is 7.05 Å². The maximum atomic E-state index is 8.95. The van der Waals surface area contributed by atoms with E-state index in [-0.39, 0.29) is 5.76 Å². The maximum absolute atomic E-state index is 8.95. The van der Waals surface area contributed by atoms with Gasteiger partial charge in [-0.2, -0.15) is 0 Å². The van der Waals surface area contributed by atoms with Crippen molar-refractivity contribution in [3.8, 4) is 0 Å². The van der Waals surface area contributed by atoms with Crippen molar-refractivity contribution in [2.45, 2.75) is 0 Å². The van der Waals surface area contributed by atoms with Crippen LogP contribution in [0, 0.1) is 0 Å². The van der Waals surface area contributed by atoms with Gasteiger partial charge in [-0.25, -0.2) is 0 Å². The summed E-state index contributed by atoms with van der Waals surface area (Å²) in [4.78, 5) is 0. The standard InChI is InChI=1S/C7H11NO/c1-4-6(8-3)7(9)5-2/h4-5,8-9H,1-2H2,3H3/b7-6-. The monoisotopic (exact) mass is 125 g/mol. The summed E-state index contributed by atoms with van der Waals surface area (Å²) in [6, 6.07) is 0. The van der Waals surface area contributed by atoms with Crippen molar-refractivity contribution in [3.63, 3.8) is 0 Å². The summed E-state index contributed by atoms with van der Waals surface area (Å²) < 4.78 is 0. The molecule has 0 heterocycles. The fraction of sp³-hybridized carbons (Fsp3) is 0.143. The highest BCUT2D eigenvalue weighted by atomic mass is 16.3. The van der Waals surface area contributed by atoms with E-state index in [2.05, 4.69) is 18.5 Å². The first-order chi connectivity index (χ1) is 4.26. The van der Waals surface area contributed by atoms with E-state index in [1.165, 1.54) is 12.2 Å². The molecule has 0 radical (unpaired) electrons. The van der Waals surface area contributed by atoms with E-state index in [1.807, 2.05) is 0 Å². The molecule has 0 aromatic heterocycles. The molecule has 0 unspecified atom stereocenters. The van der Waals surface area contributed by atoms with E-state index in [0.717, 1.165) is 0 Å². The molecule has 0 aliphatic heterocycles. The van der Waals surface area contributed by atoms with Gasteiger partial charge in [0.2, 0.25) is 0 Å².